The van der Waals surface area contributed by atoms with E-state index >= 15 is 0 Å². The van der Waals surface area contributed by atoms with Crippen LogP contribution >= 0.6 is 27.5 Å². The Morgan fingerprint density at radius 1 is 0.333 bits per heavy atom. The van der Waals surface area contributed by atoms with Crippen LogP contribution in [0.2, 0.25) is 5.02 Å². The van der Waals surface area contributed by atoms with Gasteiger partial charge in [-0.2, -0.15) is 0 Å². The van der Waals surface area contributed by atoms with Gasteiger partial charge in [-0.25, -0.2) is 29.3 Å². The molecule has 0 spiro atoms. The van der Waals surface area contributed by atoms with Crippen molar-refractivity contribution in [3.63, 3.8) is 0 Å². The molecule has 0 radical (unpaired) electrons. The number of nitro groups is 1. The van der Waals surface area contributed by atoms with Gasteiger partial charge in [0.15, 0.2) is 28.5 Å². The third kappa shape index (κ3) is 17.5. The Morgan fingerprint density at radius 2 is 0.603 bits per heavy atom. The second-order valence-corrected chi connectivity index (χ2v) is 38.3. The van der Waals surface area contributed by atoms with E-state index in [0.717, 1.165) is 113 Å². The minimum atomic E-state index is -0.629. The van der Waals surface area contributed by atoms with E-state index in [4.69, 9.17) is 65.2 Å². The summed E-state index contributed by atoms with van der Waals surface area (Å²) in [6.07, 6.45) is 21.9. The number of nitrogens with two attached hydrogens (primary N) is 5. The summed E-state index contributed by atoms with van der Waals surface area (Å²) in [5, 5.41) is 12.4. The highest BCUT2D eigenvalue weighted by molar-refractivity contribution is 9.10. The predicted octanol–water partition coefficient (Wildman–Crippen LogP) is 19.7. The molecular weight excluding hydrogens is 1860 g/mol. The highest BCUT2D eigenvalue weighted by Gasteiger charge is 2.40. The zero-order valence-corrected chi connectivity index (χ0v) is 79.8. The lowest BCUT2D eigenvalue weighted by molar-refractivity contribution is -0.385. The Morgan fingerprint density at radius 3 is 0.908 bits per heavy atom. The molecule has 5 saturated carbocycles. The number of amides is 5. The van der Waals surface area contributed by atoms with Crippen LogP contribution in [0.5, 0.6) is 0 Å². The van der Waals surface area contributed by atoms with E-state index < -0.39 is 46.5 Å². The van der Waals surface area contributed by atoms with Gasteiger partial charge in [-0.05, 0) is 259 Å². The van der Waals surface area contributed by atoms with Crippen molar-refractivity contribution in [1.82, 2.24) is 52.7 Å². The maximum atomic E-state index is 14.7. The number of aromatic nitrogens is 11. The average Bonchev–Trinajstić information content (AvgIpc) is 1.61. The molecule has 10 N–H and O–H groups in total. The summed E-state index contributed by atoms with van der Waals surface area (Å²) in [7, 11) is 0. The van der Waals surface area contributed by atoms with Crippen LogP contribution in [0, 0.1) is 15.9 Å². The van der Waals surface area contributed by atoms with E-state index in [1.807, 2.05) is 130 Å². The van der Waals surface area contributed by atoms with Crippen molar-refractivity contribution in [2.45, 2.75) is 159 Å². The van der Waals surface area contributed by atoms with Crippen LogP contribution in [0.4, 0.5) is 10.1 Å². The number of nitrogens with zero attached hydrogens (tertiary/aromatic N) is 17. The highest BCUT2D eigenvalue weighted by atomic mass is 79.9. The molecule has 29 nitrogen and oxygen atoms in total. The summed E-state index contributed by atoms with van der Waals surface area (Å²) >= 11 is 10.2. The molecule has 11 heterocycles. The van der Waals surface area contributed by atoms with Crippen molar-refractivity contribution in [1.29, 1.82) is 0 Å². The van der Waals surface area contributed by atoms with E-state index in [2.05, 4.69) is 131 Å². The summed E-state index contributed by atoms with van der Waals surface area (Å²) in [6.45, 7) is 9.59. The second kappa shape index (κ2) is 37.0. The molecule has 32 heteroatoms. The number of rotatable bonds is 16. The molecule has 10 aliphatic rings. The molecule has 5 atom stereocenters. The number of hydrogen-bond donors (Lipinski definition) is 5. The minimum absolute atomic E-state index is 0.00828. The average molecular weight is 1960 g/mol. The number of pyridine rings is 1. The Kier molecular flexibility index (Phi) is 24.0. The van der Waals surface area contributed by atoms with E-state index in [-0.39, 0.29) is 58.1 Å². The Hall–Kier alpha value is -16.0. The van der Waals surface area contributed by atoms with Gasteiger partial charge in [-0.3, -0.25) is 86.9 Å². The largest absolute Gasteiger partial charge is 0.364 e. The number of primary amides is 5. The molecule has 0 unspecified atom stereocenters. The summed E-state index contributed by atoms with van der Waals surface area (Å²) < 4.78 is 25.2. The topological polar surface area (TPSA) is 422 Å². The lowest BCUT2D eigenvalue weighted by Gasteiger charge is -2.14. The number of aliphatic imine (C=N–C) groups is 5. The number of hydrogen-bond acceptors (Lipinski definition) is 18. The molecule has 141 heavy (non-hydrogen) atoms. The van der Waals surface area contributed by atoms with E-state index in [0.29, 0.717) is 79.9 Å². The smallest absolute Gasteiger partial charge is 0.278 e. The molecule has 5 aliphatic heterocycles. The second-order valence-electron chi connectivity index (χ2n) is 37.0. The minimum Gasteiger partial charge on any atom is -0.364 e. The van der Waals surface area contributed by atoms with E-state index in [1.54, 1.807) is 74.2 Å². The van der Waals surface area contributed by atoms with Gasteiger partial charge < -0.3 is 28.7 Å². The lowest BCUT2D eigenvalue weighted by Crippen LogP contribution is -2.15. The first-order valence-corrected chi connectivity index (χ1v) is 48.3. The number of fused-ring (bicyclic) bond motifs is 15. The normalized spacial score (nSPS) is 18.0. The maximum Gasteiger partial charge on any atom is 0.278 e. The van der Waals surface area contributed by atoms with Crippen LogP contribution < -0.4 is 28.7 Å². The molecule has 704 valence electrons. The number of carbonyl (C=O) groups excluding carboxylic acids is 5. The molecule has 25 rings (SSSR count). The fraction of sp³-hybridized carbons (Fsp3) is 0.229. The van der Waals surface area contributed by atoms with Gasteiger partial charge in [0, 0.05) is 66.3 Å². The van der Waals surface area contributed by atoms with Gasteiger partial charge in [0.05, 0.1) is 132 Å². The zero-order chi connectivity index (χ0) is 97.8. The van der Waals surface area contributed by atoms with Crippen molar-refractivity contribution in [3.05, 3.63) is 410 Å². The van der Waals surface area contributed by atoms with Crippen molar-refractivity contribution < 1.29 is 33.3 Å². The summed E-state index contributed by atoms with van der Waals surface area (Å²) in [6, 6.07) is 64.9. The molecule has 5 amide bonds. The van der Waals surface area contributed by atoms with Gasteiger partial charge in [-0.15, -0.1) is 0 Å². The lowest BCUT2D eigenvalue weighted by atomic mass is 9.96. The van der Waals surface area contributed by atoms with Gasteiger partial charge in [0.2, 0.25) is 0 Å². The van der Waals surface area contributed by atoms with Crippen LogP contribution in [-0.4, -0.2) is 116 Å². The number of nitro benzene ring substituents is 1. The summed E-state index contributed by atoms with van der Waals surface area (Å²) in [5.41, 5.74) is 55.1. The van der Waals surface area contributed by atoms with Crippen LogP contribution in [0.25, 0.3) is 28.4 Å². The van der Waals surface area contributed by atoms with Gasteiger partial charge in [-0.1, -0.05) is 125 Å². The zero-order valence-electron chi connectivity index (χ0n) is 77.4. The van der Waals surface area contributed by atoms with Crippen molar-refractivity contribution >= 4 is 91.3 Å². The number of para-hydroxylation sites is 1. The number of carbonyl (C=O) groups is 5. The Bertz CT molecular complexity index is 7440. The third-order valence-electron chi connectivity index (χ3n) is 27.4. The van der Waals surface area contributed by atoms with Crippen molar-refractivity contribution in [2.75, 3.05) is 0 Å². The fourth-order valence-corrected chi connectivity index (χ4v) is 20.5. The van der Waals surface area contributed by atoms with Crippen LogP contribution in [0.3, 0.4) is 0 Å². The predicted molar refractivity (Wildman–Crippen MR) is 540 cm³/mol. The Labute approximate surface area is 822 Å². The molecule has 0 saturated heterocycles. The quantitative estimate of drug-likeness (QED) is 0.0444. The molecule has 5 aliphatic carbocycles. The van der Waals surface area contributed by atoms with Gasteiger partial charge >= 0.3 is 0 Å². The van der Waals surface area contributed by atoms with Gasteiger partial charge in [0.1, 0.15) is 37.5 Å². The first-order valence-electron chi connectivity index (χ1n) is 47.1. The molecule has 0 bridgehead atoms. The standard InChI is InChI=1S/C22H19BrN4O.C22H19ClN4O.C22H19FN4O.C22H19N5O3.C21H19N5O/c3*1-12-21-20(22(24)28)25-11-27(21)18-9-8-14(13-6-7-13)10-16(18)19(26-12)15-4-2-3-5-17(15)23;1-12-21-20(22(23)28)24-11-26(21)17-9-8-14(13-6-7-13)10-16(17)19(25-12)15-4-2-3-5-18(15)27(29)30;1-12-20-19(21(22)27)24-11-26(20)17-8-7-14(13-5-6-13)10-15(17)18(25-12)16-4-2-3-9-23-16/h3*2-5,8-13H,6-7H2,1H3,(H2,24,28);2-5,8-13H,6-7H2,1H3,(H2,23,28);2-4,7-13H,5-6H2,1H3,(H2,22,27)/t5*12-/m10011/s1. The van der Waals surface area contributed by atoms with E-state index in [9.17, 15) is 38.5 Å². The maximum absolute atomic E-state index is 14.7. The molecule has 15 aromatic rings. The number of benzene rings is 9. The number of halogens is 3. The van der Waals surface area contributed by atoms with Crippen molar-refractivity contribution in [2.24, 2.45) is 53.6 Å². The van der Waals surface area contributed by atoms with Crippen molar-refractivity contribution in [3.8, 4) is 28.4 Å². The van der Waals surface area contributed by atoms with Gasteiger partial charge in [0.25, 0.3) is 35.2 Å². The molecular formula is C109H95BrClFN22O7. The van der Waals surface area contributed by atoms with Crippen LogP contribution in [-0.2, 0) is 0 Å². The first kappa shape index (κ1) is 91.4. The van der Waals surface area contributed by atoms with Crippen LogP contribution in [0.1, 0.15) is 323 Å². The monoisotopic (exact) mass is 1960 g/mol. The summed E-state index contributed by atoms with van der Waals surface area (Å²) in [4.78, 5) is 121. The number of imidazole rings is 5. The fourth-order valence-electron chi connectivity index (χ4n) is 19.8. The van der Waals surface area contributed by atoms with Crippen LogP contribution in [0.15, 0.2) is 274 Å². The third-order valence-corrected chi connectivity index (χ3v) is 28.4. The Balaban J connectivity index is 0.000000104. The SMILES string of the molecule is C[C@@H]1N=C(c2ccccc2Cl)c2cc(C3CC3)ccc2-n2cnc(C(N)=O)c21.C[C@@H]1N=C(c2ccccc2F)c2cc(C3CC3)ccc2-n2cnc(C(N)=O)c21.C[C@H]1N=C(c2ccccc2Br)c2cc(C3CC3)ccc2-n2cnc(C(N)=O)c21.C[C@H]1N=C(c2ccccc2[N+](=O)[O-])c2cc(C3CC3)ccc2-n2cnc(C(N)=O)c21.C[C@H]1N=C(c2ccccn2)c2cc(C3CC3)ccc2-n2cnc(C(N)=O)c21. The summed E-state index contributed by atoms with van der Waals surface area (Å²) in [5.74, 6) is -0.231. The molecule has 5 fully saturated rings. The molecule has 6 aromatic heterocycles. The highest BCUT2D eigenvalue weighted by Crippen LogP contribution is 2.49. The molecule has 9 aromatic carbocycles. The first-order chi connectivity index (χ1) is 68.2. The van der Waals surface area contributed by atoms with E-state index in [1.165, 1.54) is 91.3 Å².